The second kappa shape index (κ2) is 8.48. The first-order valence-corrected chi connectivity index (χ1v) is 9.68. The van der Waals surface area contributed by atoms with Crippen LogP contribution >= 0.6 is 11.3 Å². The molecule has 1 heterocycles. The standard InChI is InChI=1S/C20H29N3OS/c1-14(2)11-17(15-9-7-6-8-10-15)23-19(24)21-12-16-13-25-18(22-16)20(3,4)5/h6-10,13-14,17H,11-12H2,1-5H3,(H2,21,23,24). The van der Waals surface area contributed by atoms with Crippen molar-refractivity contribution in [1.29, 1.82) is 0 Å². The summed E-state index contributed by atoms with van der Waals surface area (Å²) in [6.07, 6.45) is 0.905. The summed E-state index contributed by atoms with van der Waals surface area (Å²) in [5.41, 5.74) is 2.08. The minimum Gasteiger partial charge on any atom is -0.332 e. The molecule has 0 saturated heterocycles. The average molecular weight is 360 g/mol. The molecule has 0 saturated carbocycles. The fourth-order valence-corrected chi connectivity index (χ4v) is 3.46. The largest absolute Gasteiger partial charge is 0.332 e. The summed E-state index contributed by atoms with van der Waals surface area (Å²) in [6.45, 7) is 11.2. The zero-order valence-electron chi connectivity index (χ0n) is 15.8. The van der Waals surface area contributed by atoms with E-state index in [2.05, 4.69) is 62.4 Å². The van der Waals surface area contributed by atoms with Gasteiger partial charge in [0.25, 0.3) is 0 Å². The SMILES string of the molecule is CC(C)CC(NC(=O)NCc1csc(C(C)(C)C)n1)c1ccccc1. The van der Waals surface area contributed by atoms with Crippen molar-refractivity contribution >= 4 is 17.4 Å². The Bertz CT molecular complexity index is 674. The van der Waals surface area contributed by atoms with E-state index in [9.17, 15) is 4.79 Å². The van der Waals surface area contributed by atoms with Gasteiger partial charge in [-0.3, -0.25) is 0 Å². The predicted molar refractivity (Wildman–Crippen MR) is 105 cm³/mol. The quantitative estimate of drug-likeness (QED) is 0.760. The highest BCUT2D eigenvalue weighted by Crippen LogP contribution is 2.25. The maximum absolute atomic E-state index is 12.3. The van der Waals surface area contributed by atoms with Crippen molar-refractivity contribution in [3.63, 3.8) is 0 Å². The summed E-state index contributed by atoms with van der Waals surface area (Å²) >= 11 is 1.64. The molecule has 4 nitrogen and oxygen atoms in total. The topological polar surface area (TPSA) is 54.0 Å². The van der Waals surface area contributed by atoms with E-state index in [4.69, 9.17) is 0 Å². The van der Waals surface area contributed by atoms with Gasteiger partial charge in [0.05, 0.1) is 23.3 Å². The molecule has 0 spiro atoms. The normalized spacial score (nSPS) is 12.9. The number of hydrogen-bond acceptors (Lipinski definition) is 3. The molecule has 0 aliphatic carbocycles. The summed E-state index contributed by atoms with van der Waals surface area (Å²) in [6, 6.07) is 9.98. The van der Waals surface area contributed by atoms with Crippen molar-refractivity contribution in [2.24, 2.45) is 5.92 Å². The van der Waals surface area contributed by atoms with Gasteiger partial charge in [-0.25, -0.2) is 9.78 Å². The number of aromatic nitrogens is 1. The molecule has 0 bridgehead atoms. The van der Waals surface area contributed by atoms with Crippen molar-refractivity contribution in [3.8, 4) is 0 Å². The molecule has 2 N–H and O–H groups in total. The molecule has 136 valence electrons. The lowest BCUT2D eigenvalue weighted by Crippen LogP contribution is -2.38. The second-order valence-electron chi connectivity index (χ2n) is 7.81. The van der Waals surface area contributed by atoms with Crippen LogP contribution in [0.2, 0.25) is 0 Å². The van der Waals surface area contributed by atoms with Gasteiger partial charge in [0.2, 0.25) is 0 Å². The lowest BCUT2D eigenvalue weighted by Gasteiger charge is -2.21. The molecule has 0 aliphatic heterocycles. The number of hydrogen-bond donors (Lipinski definition) is 2. The Balaban J connectivity index is 1.94. The first-order chi connectivity index (χ1) is 11.8. The van der Waals surface area contributed by atoms with E-state index in [-0.39, 0.29) is 17.5 Å². The molecule has 1 aromatic carbocycles. The van der Waals surface area contributed by atoms with Crippen molar-refractivity contribution in [1.82, 2.24) is 15.6 Å². The highest BCUT2D eigenvalue weighted by molar-refractivity contribution is 7.09. The fraction of sp³-hybridized carbons (Fsp3) is 0.500. The Morgan fingerprint density at radius 1 is 1.20 bits per heavy atom. The van der Waals surface area contributed by atoms with Gasteiger partial charge in [0.15, 0.2) is 0 Å². The summed E-state index contributed by atoms with van der Waals surface area (Å²) in [5.74, 6) is 0.499. The summed E-state index contributed by atoms with van der Waals surface area (Å²) in [7, 11) is 0. The lowest BCUT2D eigenvalue weighted by atomic mass is 9.97. The van der Waals surface area contributed by atoms with E-state index in [1.54, 1.807) is 11.3 Å². The highest BCUT2D eigenvalue weighted by Gasteiger charge is 2.19. The predicted octanol–water partition coefficient (Wildman–Crippen LogP) is 5.03. The number of benzene rings is 1. The molecule has 25 heavy (non-hydrogen) atoms. The van der Waals surface area contributed by atoms with Crippen molar-refractivity contribution < 1.29 is 4.79 Å². The number of urea groups is 1. The van der Waals surface area contributed by atoms with E-state index < -0.39 is 0 Å². The number of carbonyl (C=O) groups excluding carboxylic acids is 1. The minimum atomic E-state index is -0.153. The third kappa shape index (κ3) is 6.16. The van der Waals surface area contributed by atoms with Crippen LogP contribution in [-0.4, -0.2) is 11.0 Å². The monoisotopic (exact) mass is 359 g/mol. The van der Waals surface area contributed by atoms with Crippen LogP contribution in [0.5, 0.6) is 0 Å². The first kappa shape index (κ1) is 19.4. The summed E-state index contributed by atoms with van der Waals surface area (Å²) in [5, 5.41) is 9.14. The molecule has 1 aromatic heterocycles. The second-order valence-corrected chi connectivity index (χ2v) is 8.67. The molecule has 2 amide bonds. The van der Waals surface area contributed by atoms with Gasteiger partial charge in [-0.1, -0.05) is 65.0 Å². The third-order valence-electron chi connectivity index (χ3n) is 3.84. The molecule has 1 unspecified atom stereocenters. The molecule has 1 atom stereocenters. The zero-order valence-corrected chi connectivity index (χ0v) is 16.6. The Morgan fingerprint density at radius 2 is 1.88 bits per heavy atom. The molecule has 2 aromatic rings. The third-order valence-corrected chi connectivity index (χ3v) is 5.15. The van der Waals surface area contributed by atoms with Gasteiger partial charge in [0, 0.05) is 10.8 Å². The molecule has 5 heteroatoms. The van der Waals surface area contributed by atoms with Crippen LogP contribution in [0.3, 0.4) is 0 Å². The number of nitrogens with zero attached hydrogens (tertiary/aromatic N) is 1. The van der Waals surface area contributed by atoms with Crippen LogP contribution in [-0.2, 0) is 12.0 Å². The van der Waals surface area contributed by atoms with E-state index in [0.29, 0.717) is 12.5 Å². The van der Waals surface area contributed by atoms with Crippen LogP contribution in [0.25, 0.3) is 0 Å². The Hall–Kier alpha value is -1.88. The van der Waals surface area contributed by atoms with Crippen LogP contribution in [0, 0.1) is 5.92 Å². The number of nitrogens with one attached hydrogen (secondary N) is 2. The number of amides is 2. The van der Waals surface area contributed by atoms with Crippen LogP contribution < -0.4 is 10.6 Å². The van der Waals surface area contributed by atoms with Gasteiger partial charge in [-0.05, 0) is 17.9 Å². The van der Waals surface area contributed by atoms with Gasteiger partial charge in [0.1, 0.15) is 0 Å². The van der Waals surface area contributed by atoms with E-state index in [0.717, 1.165) is 22.7 Å². The first-order valence-electron chi connectivity index (χ1n) is 8.80. The fourth-order valence-electron chi connectivity index (χ4n) is 2.55. The summed E-state index contributed by atoms with van der Waals surface area (Å²) in [4.78, 5) is 17.0. The van der Waals surface area contributed by atoms with E-state index in [1.807, 2.05) is 23.6 Å². The molecule has 0 fully saturated rings. The van der Waals surface area contributed by atoms with Crippen LogP contribution in [0.1, 0.15) is 63.3 Å². The van der Waals surface area contributed by atoms with Gasteiger partial charge < -0.3 is 10.6 Å². The Kier molecular flexibility index (Phi) is 6.59. The Labute approximate surface area is 155 Å². The number of rotatable bonds is 6. The highest BCUT2D eigenvalue weighted by atomic mass is 32.1. The number of carbonyl (C=O) groups is 1. The lowest BCUT2D eigenvalue weighted by molar-refractivity contribution is 0.234. The van der Waals surface area contributed by atoms with Crippen molar-refractivity contribution in [2.45, 2.75) is 59.0 Å². The smallest absolute Gasteiger partial charge is 0.315 e. The van der Waals surface area contributed by atoms with Gasteiger partial charge in [-0.2, -0.15) is 0 Å². The average Bonchev–Trinajstić information content (AvgIpc) is 3.02. The van der Waals surface area contributed by atoms with Crippen LogP contribution in [0.15, 0.2) is 35.7 Å². The molecular formula is C20H29N3OS. The summed E-state index contributed by atoms with van der Waals surface area (Å²) < 4.78 is 0. The van der Waals surface area contributed by atoms with Gasteiger partial charge in [-0.15, -0.1) is 11.3 Å². The van der Waals surface area contributed by atoms with E-state index in [1.165, 1.54) is 0 Å². The van der Waals surface area contributed by atoms with Crippen molar-refractivity contribution in [3.05, 3.63) is 52.0 Å². The zero-order chi connectivity index (χ0) is 18.4. The Morgan fingerprint density at radius 3 is 2.44 bits per heavy atom. The molecule has 0 radical (unpaired) electrons. The maximum atomic E-state index is 12.3. The van der Waals surface area contributed by atoms with E-state index >= 15 is 0 Å². The van der Waals surface area contributed by atoms with Crippen LogP contribution in [0.4, 0.5) is 4.79 Å². The number of thiazole rings is 1. The van der Waals surface area contributed by atoms with Gasteiger partial charge >= 0.3 is 6.03 Å². The maximum Gasteiger partial charge on any atom is 0.315 e. The van der Waals surface area contributed by atoms with Crippen molar-refractivity contribution in [2.75, 3.05) is 0 Å². The molecule has 2 rings (SSSR count). The molecule has 0 aliphatic rings. The molecular weight excluding hydrogens is 330 g/mol. The minimum absolute atomic E-state index is 0.0155.